The molecule has 2 aromatic carbocycles. The molecule has 0 spiro atoms. The van der Waals surface area contributed by atoms with Crippen molar-refractivity contribution in [3.8, 4) is 16.3 Å². The predicted octanol–water partition coefficient (Wildman–Crippen LogP) is 4.70. The fourth-order valence-corrected chi connectivity index (χ4v) is 3.23. The van der Waals surface area contributed by atoms with Crippen LogP contribution in [0.3, 0.4) is 0 Å². The summed E-state index contributed by atoms with van der Waals surface area (Å²) in [5, 5.41) is 11.2. The minimum atomic E-state index is -1.00. The number of aryl methyl sites for hydroxylation is 2. The van der Waals surface area contributed by atoms with Crippen molar-refractivity contribution in [2.45, 2.75) is 20.5 Å². The summed E-state index contributed by atoms with van der Waals surface area (Å²) in [7, 11) is 0. The molecular weight excluding hydrogens is 322 g/mol. The number of ether oxygens (including phenoxy) is 1. The summed E-state index contributed by atoms with van der Waals surface area (Å²) >= 11 is 1.33. The fraction of sp³-hybridized carbons (Fsp3) is 0.158. The average Bonchev–Trinajstić information content (AvgIpc) is 3.03. The molecule has 122 valence electrons. The third kappa shape index (κ3) is 3.81. The standard InChI is InChI=1S/C19H17NO3S/c1-12-7-13(2)9-16(8-12)23-10-14-3-5-15(6-4-14)18-20-17(11-24-18)19(21)22/h3-9,11H,10H2,1-2H3,(H,21,22). The van der Waals surface area contributed by atoms with E-state index in [1.54, 1.807) is 5.38 Å². The summed E-state index contributed by atoms with van der Waals surface area (Å²) in [6.07, 6.45) is 0. The van der Waals surface area contributed by atoms with Crippen LogP contribution in [0.2, 0.25) is 0 Å². The molecule has 1 heterocycles. The van der Waals surface area contributed by atoms with E-state index in [2.05, 4.69) is 11.1 Å². The van der Waals surface area contributed by atoms with Crippen LogP contribution in [0, 0.1) is 13.8 Å². The van der Waals surface area contributed by atoms with Crippen molar-refractivity contribution in [1.29, 1.82) is 0 Å². The van der Waals surface area contributed by atoms with Crippen molar-refractivity contribution in [3.05, 3.63) is 70.2 Å². The monoisotopic (exact) mass is 339 g/mol. The van der Waals surface area contributed by atoms with Crippen LogP contribution in [0.5, 0.6) is 5.75 Å². The number of carboxylic acid groups (broad SMARTS) is 1. The van der Waals surface area contributed by atoms with Crippen molar-refractivity contribution in [1.82, 2.24) is 4.98 Å². The molecule has 0 fully saturated rings. The Morgan fingerprint density at radius 1 is 1.12 bits per heavy atom. The Hall–Kier alpha value is -2.66. The second kappa shape index (κ2) is 6.84. The highest BCUT2D eigenvalue weighted by Crippen LogP contribution is 2.24. The minimum absolute atomic E-state index is 0.0808. The van der Waals surface area contributed by atoms with E-state index in [-0.39, 0.29) is 5.69 Å². The maximum absolute atomic E-state index is 10.9. The molecule has 0 atom stereocenters. The van der Waals surface area contributed by atoms with Crippen LogP contribution >= 0.6 is 11.3 Å². The highest BCUT2D eigenvalue weighted by atomic mass is 32.1. The maximum atomic E-state index is 10.9. The maximum Gasteiger partial charge on any atom is 0.355 e. The molecule has 0 aliphatic rings. The van der Waals surface area contributed by atoms with E-state index >= 15 is 0 Å². The summed E-state index contributed by atoms with van der Waals surface area (Å²) in [5.41, 5.74) is 4.39. The van der Waals surface area contributed by atoms with Gasteiger partial charge in [-0.1, -0.05) is 30.3 Å². The number of benzene rings is 2. The largest absolute Gasteiger partial charge is 0.489 e. The van der Waals surface area contributed by atoms with E-state index < -0.39 is 5.97 Å². The molecule has 0 radical (unpaired) electrons. The summed E-state index contributed by atoms with van der Waals surface area (Å²) < 4.78 is 5.84. The summed E-state index contributed by atoms with van der Waals surface area (Å²) in [5.74, 6) is -0.140. The zero-order valence-corrected chi connectivity index (χ0v) is 14.3. The number of nitrogens with zero attached hydrogens (tertiary/aromatic N) is 1. The molecule has 0 aliphatic heterocycles. The first kappa shape index (κ1) is 16.2. The number of hydrogen-bond donors (Lipinski definition) is 1. The van der Waals surface area contributed by atoms with Crippen LogP contribution in [0.25, 0.3) is 10.6 Å². The molecule has 0 bridgehead atoms. The Balaban J connectivity index is 1.68. The zero-order chi connectivity index (χ0) is 17.1. The smallest absolute Gasteiger partial charge is 0.355 e. The van der Waals surface area contributed by atoms with Gasteiger partial charge in [-0.3, -0.25) is 0 Å². The quantitative estimate of drug-likeness (QED) is 0.732. The Labute approximate surface area is 144 Å². The Morgan fingerprint density at radius 2 is 1.79 bits per heavy atom. The Morgan fingerprint density at radius 3 is 2.38 bits per heavy atom. The third-order valence-corrected chi connectivity index (χ3v) is 4.42. The lowest BCUT2D eigenvalue weighted by molar-refractivity contribution is 0.0691. The van der Waals surface area contributed by atoms with E-state index in [1.807, 2.05) is 50.2 Å². The van der Waals surface area contributed by atoms with E-state index in [9.17, 15) is 4.79 Å². The van der Waals surface area contributed by atoms with Gasteiger partial charge in [-0.2, -0.15) is 0 Å². The normalized spacial score (nSPS) is 10.6. The average molecular weight is 339 g/mol. The van der Waals surface area contributed by atoms with Gasteiger partial charge in [0.1, 0.15) is 17.4 Å². The first-order valence-electron chi connectivity index (χ1n) is 7.50. The van der Waals surface area contributed by atoms with Crippen molar-refractivity contribution in [2.24, 2.45) is 0 Å². The lowest BCUT2D eigenvalue weighted by Gasteiger charge is -2.08. The summed E-state index contributed by atoms with van der Waals surface area (Å²) in [6.45, 7) is 4.59. The number of aromatic carboxylic acids is 1. The second-order valence-electron chi connectivity index (χ2n) is 5.65. The van der Waals surface area contributed by atoms with Gasteiger partial charge in [-0.05, 0) is 42.7 Å². The number of carbonyl (C=O) groups is 1. The highest BCUT2D eigenvalue weighted by molar-refractivity contribution is 7.13. The molecule has 24 heavy (non-hydrogen) atoms. The number of hydrogen-bond acceptors (Lipinski definition) is 4. The van der Waals surface area contributed by atoms with Gasteiger partial charge in [-0.25, -0.2) is 9.78 Å². The van der Waals surface area contributed by atoms with Crippen LogP contribution in [0.4, 0.5) is 0 Å². The number of thiazole rings is 1. The van der Waals surface area contributed by atoms with Gasteiger partial charge < -0.3 is 9.84 Å². The van der Waals surface area contributed by atoms with Gasteiger partial charge in [0.2, 0.25) is 0 Å². The van der Waals surface area contributed by atoms with Crippen LogP contribution in [-0.2, 0) is 6.61 Å². The van der Waals surface area contributed by atoms with Crippen molar-refractivity contribution >= 4 is 17.3 Å². The van der Waals surface area contributed by atoms with E-state index in [4.69, 9.17) is 9.84 Å². The molecule has 0 saturated heterocycles. The van der Waals surface area contributed by atoms with Crippen LogP contribution in [0.1, 0.15) is 27.2 Å². The first-order chi connectivity index (χ1) is 11.5. The van der Waals surface area contributed by atoms with Crippen molar-refractivity contribution in [2.75, 3.05) is 0 Å². The molecule has 0 saturated carbocycles. The number of rotatable bonds is 5. The Kier molecular flexibility index (Phi) is 4.62. The van der Waals surface area contributed by atoms with E-state index in [0.29, 0.717) is 11.6 Å². The number of carboxylic acids is 1. The molecular formula is C19H17NO3S. The highest BCUT2D eigenvalue weighted by Gasteiger charge is 2.10. The summed E-state index contributed by atoms with van der Waals surface area (Å²) in [4.78, 5) is 15.0. The molecule has 3 rings (SSSR count). The van der Waals surface area contributed by atoms with Gasteiger partial charge in [0.15, 0.2) is 5.69 Å². The van der Waals surface area contributed by atoms with Crippen molar-refractivity contribution < 1.29 is 14.6 Å². The fourth-order valence-electron chi connectivity index (χ4n) is 2.43. The lowest BCUT2D eigenvalue weighted by Crippen LogP contribution is -1.97. The molecule has 5 heteroatoms. The lowest BCUT2D eigenvalue weighted by atomic mass is 10.1. The van der Waals surface area contributed by atoms with Gasteiger partial charge in [0, 0.05) is 10.9 Å². The first-order valence-corrected chi connectivity index (χ1v) is 8.38. The molecule has 0 amide bonds. The SMILES string of the molecule is Cc1cc(C)cc(OCc2ccc(-c3nc(C(=O)O)cs3)cc2)c1. The predicted molar refractivity (Wildman–Crippen MR) is 94.8 cm³/mol. The molecule has 1 aromatic heterocycles. The molecule has 0 aliphatic carbocycles. The van der Waals surface area contributed by atoms with Crippen LogP contribution in [-0.4, -0.2) is 16.1 Å². The Bertz CT molecular complexity index is 848. The molecule has 0 unspecified atom stereocenters. The van der Waals surface area contributed by atoms with Gasteiger partial charge in [0.05, 0.1) is 0 Å². The summed E-state index contributed by atoms with van der Waals surface area (Å²) in [6, 6.07) is 14.0. The second-order valence-corrected chi connectivity index (χ2v) is 6.51. The molecule has 4 nitrogen and oxygen atoms in total. The van der Waals surface area contributed by atoms with Gasteiger partial charge in [0.25, 0.3) is 0 Å². The van der Waals surface area contributed by atoms with Crippen LogP contribution < -0.4 is 4.74 Å². The van der Waals surface area contributed by atoms with Gasteiger partial charge >= 0.3 is 5.97 Å². The topological polar surface area (TPSA) is 59.4 Å². The zero-order valence-electron chi connectivity index (χ0n) is 13.4. The minimum Gasteiger partial charge on any atom is -0.489 e. The van der Waals surface area contributed by atoms with E-state index in [0.717, 1.165) is 16.9 Å². The molecule has 1 N–H and O–H groups in total. The third-order valence-electron chi connectivity index (χ3n) is 3.52. The van der Waals surface area contributed by atoms with Crippen LogP contribution in [0.15, 0.2) is 47.8 Å². The number of aromatic nitrogens is 1. The van der Waals surface area contributed by atoms with Crippen molar-refractivity contribution in [3.63, 3.8) is 0 Å². The van der Waals surface area contributed by atoms with E-state index in [1.165, 1.54) is 22.5 Å². The molecule has 3 aromatic rings. The van der Waals surface area contributed by atoms with Gasteiger partial charge in [-0.15, -0.1) is 11.3 Å².